The van der Waals surface area contributed by atoms with Crippen molar-refractivity contribution in [2.75, 3.05) is 50.7 Å². The number of carbonyl (C=O) groups excluding carboxylic acids is 1. The Morgan fingerprint density at radius 1 is 0.966 bits per heavy atom. The molecule has 0 N–H and O–H groups in total. The van der Waals surface area contributed by atoms with Gasteiger partial charge in [0.15, 0.2) is 5.13 Å². The number of nitrogens with zero attached hydrogens (tertiary/aromatic N) is 4. The van der Waals surface area contributed by atoms with Crippen molar-refractivity contribution >= 4 is 32.6 Å². The monoisotopic (exact) mass is 406 g/mol. The van der Waals surface area contributed by atoms with Crippen molar-refractivity contribution in [2.24, 2.45) is 5.92 Å². The van der Waals surface area contributed by atoms with E-state index in [1.165, 1.54) is 10.3 Å². The lowest BCUT2D eigenvalue weighted by Gasteiger charge is -2.42. The molecule has 1 amide bonds. The van der Waals surface area contributed by atoms with E-state index in [-0.39, 0.29) is 5.92 Å². The highest BCUT2D eigenvalue weighted by Gasteiger charge is 2.37. The molecule has 150 valence electrons. The number of benzene rings is 2. The third-order valence-corrected chi connectivity index (χ3v) is 7.12. The maximum absolute atomic E-state index is 12.9. The van der Waals surface area contributed by atoms with Crippen molar-refractivity contribution < 1.29 is 4.79 Å². The quantitative estimate of drug-likeness (QED) is 0.653. The fourth-order valence-corrected chi connectivity index (χ4v) is 5.15. The van der Waals surface area contributed by atoms with Gasteiger partial charge in [0, 0.05) is 45.8 Å². The van der Waals surface area contributed by atoms with Crippen LogP contribution in [0.2, 0.25) is 0 Å². The summed E-state index contributed by atoms with van der Waals surface area (Å²) in [7, 11) is 0. The second-order valence-corrected chi connectivity index (χ2v) is 8.98. The van der Waals surface area contributed by atoms with Crippen LogP contribution >= 0.6 is 11.3 Å². The van der Waals surface area contributed by atoms with Crippen LogP contribution in [0.1, 0.15) is 5.56 Å². The predicted octanol–water partition coefficient (Wildman–Crippen LogP) is 3.12. The third kappa shape index (κ3) is 4.00. The standard InChI is InChI=1S/C23H26N4OS/c28-22(19-16-27(17-19)23-24-20-8-4-5-9-21(20)29-23)26-14-12-25(13-15-26)11-10-18-6-2-1-3-7-18/h1-9,19H,10-17H2. The Labute approximate surface area is 175 Å². The summed E-state index contributed by atoms with van der Waals surface area (Å²) in [5, 5.41) is 1.04. The molecule has 0 spiro atoms. The zero-order valence-electron chi connectivity index (χ0n) is 16.5. The minimum Gasteiger partial charge on any atom is -0.346 e. The molecule has 2 aliphatic rings. The van der Waals surface area contributed by atoms with Gasteiger partial charge >= 0.3 is 0 Å². The molecule has 5 rings (SSSR count). The van der Waals surface area contributed by atoms with Gasteiger partial charge in [-0.15, -0.1) is 0 Å². The van der Waals surface area contributed by atoms with E-state index in [2.05, 4.69) is 57.2 Å². The van der Waals surface area contributed by atoms with Gasteiger partial charge in [0.05, 0.1) is 16.1 Å². The summed E-state index contributed by atoms with van der Waals surface area (Å²) in [4.78, 5) is 24.4. The average Bonchev–Trinajstić information content (AvgIpc) is 3.16. The van der Waals surface area contributed by atoms with Gasteiger partial charge in [-0.25, -0.2) is 4.98 Å². The van der Waals surface area contributed by atoms with E-state index in [9.17, 15) is 4.79 Å². The largest absolute Gasteiger partial charge is 0.346 e. The highest BCUT2D eigenvalue weighted by Crippen LogP contribution is 2.33. The molecule has 3 heterocycles. The number of hydrogen-bond acceptors (Lipinski definition) is 5. The van der Waals surface area contributed by atoms with Crippen LogP contribution in [-0.2, 0) is 11.2 Å². The van der Waals surface area contributed by atoms with E-state index < -0.39 is 0 Å². The Morgan fingerprint density at radius 2 is 1.69 bits per heavy atom. The Bertz CT molecular complexity index is 942. The number of hydrogen-bond donors (Lipinski definition) is 0. The summed E-state index contributed by atoms with van der Waals surface area (Å²) in [6, 6.07) is 18.9. The van der Waals surface area contributed by atoms with Crippen molar-refractivity contribution in [3.8, 4) is 0 Å². The van der Waals surface area contributed by atoms with Crippen LogP contribution in [0.3, 0.4) is 0 Å². The van der Waals surface area contributed by atoms with Crippen LogP contribution in [0.15, 0.2) is 54.6 Å². The van der Waals surface area contributed by atoms with Crippen LogP contribution in [0, 0.1) is 5.92 Å². The number of para-hydroxylation sites is 1. The number of carbonyl (C=O) groups is 1. The van der Waals surface area contributed by atoms with Crippen LogP contribution in [0.4, 0.5) is 5.13 Å². The maximum Gasteiger partial charge on any atom is 0.229 e. The summed E-state index contributed by atoms with van der Waals surface area (Å²) < 4.78 is 1.21. The molecule has 2 fully saturated rings. The molecule has 0 atom stereocenters. The SMILES string of the molecule is O=C(C1CN(c2nc3ccccc3s2)C1)N1CCN(CCc2ccccc2)CC1. The molecular weight excluding hydrogens is 380 g/mol. The zero-order chi connectivity index (χ0) is 19.6. The molecule has 2 aliphatic heterocycles. The fraction of sp³-hybridized carbons (Fsp3) is 0.391. The van der Waals surface area contributed by atoms with E-state index in [0.29, 0.717) is 5.91 Å². The fourth-order valence-electron chi connectivity index (χ4n) is 4.17. The summed E-state index contributed by atoms with van der Waals surface area (Å²) in [6.07, 6.45) is 1.08. The van der Waals surface area contributed by atoms with Crippen LogP contribution < -0.4 is 4.90 Å². The molecular formula is C23H26N4OS. The van der Waals surface area contributed by atoms with Gasteiger partial charge in [-0.1, -0.05) is 53.8 Å². The topological polar surface area (TPSA) is 39.7 Å². The molecule has 0 radical (unpaired) electrons. The smallest absolute Gasteiger partial charge is 0.229 e. The molecule has 29 heavy (non-hydrogen) atoms. The lowest BCUT2D eigenvalue weighted by Crippen LogP contribution is -2.58. The molecule has 6 heteroatoms. The van der Waals surface area contributed by atoms with E-state index in [0.717, 1.165) is 62.9 Å². The third-order valence-electron chi connectivity index (χ3n) is 6.03. The highest BCUT2D eigenvalue weighted by molar-refractivity contribution is 7.22. The van der Waals surface area contributed by atoms with Crippen molar-refractivity contribution in [3.63, 3.8) is 0 Å². The molecule has 5 nitrogen and oxygen atoms in total. The first-order valence-electron chi connectivity index (χ1n) is 10.4. The van der Waals surface area contributed by atoms with E-state index in [1.54, 1.807) is 11.3 Å². The number of thiazole rings is 1. The normalized spacial score (nSPS) is 18.2. The second kappa shape index (κ2) is 8.13. The van der Waals surface area contributed by atoms with Gasteiger partial charge in [0.1, 0.15) is 0 Å². The van der Waals surface area contributed by atoms with Crippen molar-refractivity contribution in [1.82, 2.24) is 14.8 Å². The minimum atomic E-state index is 0.123. The van der Waals surface area contributed by atoms with Crippen molar-refractivity contribution in [3.05, 3.63) is 60.2 Å². The molecule has 0 unspecified atom stereocenters. The number of amides is 1. The first kappa shape index (κ1) is 18.6. The molecule has 2 aromatic carbocycles. The lowest BCUT2D eigenvalue weighted by molar-refractivity contribution is -0.138. The number of anilines is 1. The van der Waals surface area contributed by atoms with Gasteiger partial charge < -0.3 is 9.80 Å². The summed E-state index contributed by atoms with van der Waals surface area (Å²) in [5.41, 5.74) is 2.43. The Kier molecular flexibility index (Phi) is 5.21. The average molecular weight is 407 g/mol. The van der Waals surface area contributed by atoms with Crippen LogP contribution in [0.5, 0.6) is 0 Å². The van der Waals surface area contributed by atoms with Gasteiger partial charge in [-0.05, 0) is 24.1 Å². The Balaban J connectivity index is 1.08. The number of rotatable bonds is 5. The van der Waals surface area contributed by atoms with Gasteiger partial charge in [0.25, 0.3) is 0 Å². The van der Waals surface area contributed by atoms with E-state index in [4.69, 9.17) is 4.98 Å². The maximum atomic E-state index is 12.9. The number of piperazine rings is 1. The summed E-state index contributed by atoms with van der Waals surface area (Å²) >= 11 is 1.72. The van der Waals surface area contributed by atoms with Gasteiger partial charge in [-0.3, -0.25) is 9.69 Å². The zero-order valence-corrected chi connectivity index (χ0v) is 17.4. The molecule has 0 saturated carbocycles. The van der Waals surface area contributed by atoms with Gasteiger partial charge in [0.2, 0.25) is 5.91 Å². The molecule has 3 aromatic rings. The molecule has 1 aromatic heterocycles. The predicted molar refractivity (Wildman–Crippen MR) is 118 cm³/mol. The summed E-state index contributed by atoms with van der Waals surface area (Å²) in [6.45, 7) is 6.33. The Hall–Kier alpha value is -2.44. The van der Waals surface area contributed by atoms with Gasteiger partial charge in [-0.2, -0.15) is 0 Å². The minimum absolute atomic E-state index is 0.123. The van der Waals surface area contributed by atoms with E-state index in [1.807, 2.05) is 12.1 Å². The Morgan fingerprint density at radius 3 is 2.45 bits per heavy atom. The van der Waals surface area contributed by atoms with Crippen molar-refractivity contribution in [1.29, 1.82) is 0 Å². The molecule has 0 bridgehead atoms. The summed E-state index contributed by atoms with van der Waals surface area (Å²) in [5.74, 6) is 0.447. The number of fused-ring (bicyclic) bond motifs is 1. The first-order valence-corrected chi connectivity index (χ1v) is 11.2. The number of aromatic nitrogens is 1. The van der Waals surface area contributed by atoms with Crippen LogP contribution in [-0.4, -0.2) is 66.5 Å². The molecule has 0 aliphatic carbocycles. The van der Waals surface area contributed by atoms with E-state index >= 15 is 0 Å². The van der Waals surface area contributed by atoms with Crippen molar-refractivity contribution in [2.45, 2.75) is 6.42 Å². The first-order chi connectivity index (χ1) is 14.3. The second-order valence-electron chi connectivity index (χ2n) is 7.97. The van der Waals surface area contributed by atoms with Crippen LogP contribution in [0.25, 0.3) is 10.2 Å². The highest BCUT2D eigenvalue weighted by atomic mass is 32.1. The lowest BCUT2D eigenvalue weighted by atomic mass is 9.99. The molecule has 2 saturated heterocycles.